The molecule has 3 aromatic carbocycles. The van der Waals surface area contributed by atoms with Gasteiger partial charge < -0.3 is 14.9 Å². The van der Waals surface area contributed by atoms with Crippen LogP contribution in [0.4, 0.5) is 0 Å². The number of piperidine rings is 1. The maximum absolute atomic E-state index is 15.6. The first kappa shape index (κ1) is 6.36. The maximum atomic E-state index is 15.6. The van der Waals surface area contributed by atoms with E-state index in [1.807, 2.05) is 0 Å². The molecule has 1 amide bonds. The number of benzene rings is 3. The van der Waals surface area contributed by atoms with E-state index in [4.69, 9.17) is 51.4 Å². The average Bonchev–Trinajstić information content (AvgIpc) is 3.17. The van der Waals surface area contributed by atoms with Gasteiger partial charge in [-0.2, -0.15) is 0 Å². The zero-order valence-corrected chi connectivity index (χ0v) is 17.3. The molecule has 0 unspecified atom stereocenters. The monoisotopic (exact) mass is 509 g/mol. The van der Waals surface area contributed by atoms with Crippen molar-refractivity contribution in [3.05, 3.63) is 106 Å². The molecule has 1 fully saturated rings. The van der Waals surface area contributed by atoms with Gasteiger partial charge in [-0.05, 0) is 54.4 Å². The van der Waals surface area contributed by atoms with Crippen LogP contribution in [0, 0.1) is 0 Å². The molecular formula is C29H33ClN2O2. The van der Waals surface area contributed by atoms with Crippen LogP contribution >= 0.6 is 11.6 Å². The molecule has 34 heavy (non-hydrogen) atoms. The van der Waals surface area contributed by atoms with Crippen LogP contribution in [-0.4, -0.2) is 55.7 Å². The Kier molecular flexibility index (Phi) is 1.93. The van der Waals surface area contributed by atoms with E-state index in [2.05, 4.69) is 5.11 Å². The molecule has 0 bridgehead atoms. The van der Waals surface area contributed by atoms with E-state index in [-0.39, 0.29) is 0 Å². The Bertz CT molecular complexity index is 2370. The van der Waals surface area contributed by atoms with Crippen molar-refractivity contribution in [3.8, 4) is 0 Å². The third-order valence-electron chi connectivity index (χ3n) is 4.26. The van der Waals surface area contributed by atoms with E-state index in [1.165, 1.54) is 0 Å². The summed E-state index contributed by atoms with van der Waals surface area (Å²) in [5, 5.41) is 3.41. The third kappa shape index (κ3) is 4.90. The first-order valence-electron chi connectivity index (χ1n) is 25.3. The molecule has 1 aliphatic heterocycles. The second-order valence-electron chi connectivity index (χ2n) is 6.31. The Morgan fingerprint density at radius 1 is 1.09 bits per heavy atom. The predicted molar refractivity (Wildman–Crippen MR) is 138 cm³/mol. The lowest BCUT2D eigenvalue weighted by Crippen LogP contribution is -2.48. The van der Waals surface area contributed by atoms with Gasteiger partial charge in [0.1, 0.15) is 5.41 Å². The largest absolute Gasteiger partial charge is 0.385 e. The Balaban J connectivity index is 2.51. The summed E-state index contributed by atoms with van der Waals surface area (Å²) in [6.45, 7) is -24.3. The van der Waals surface area contributed by atoms with Gasteiger partial charge in [0.05, 0.1) is 24.8 Å². The summed E-state index contributed by atoms with van der Waals surface area (Å²) in [7, 11) is 0. The first-order valence-corrected chi connectivity index (χ1v) is 9.32. The van der Waals surface area contributed by atoms with E-state index < -0.39 is 186 Å². The highest BCUT2D eigenvalue weighted by atomic mass is 35.5. The molecule has 0 aliphatic carbocycles. The molecule has 1 heterocycles. The highest BCUT2D eigenvalue weighted by molar-refractivity contribution is 6.30. The topological polar surface area (TPSA) is 43.8 Å². The fourth-order valence-corrected chi connectivity index (χ4v) is 2.78. The van der Waals surface area contributed by atoms with Gasteiger partial charge in [0.25, 0.3) is 0 Å². The predicted octanol–water partition coefficient (Wildman–Crippen LogP) is 5.09. The normalized spacial score (nSPS) is 37.7. The summed E-state index contributed by atoms with van der Waals surface area (Å²) < 4.78 is 287. The molecule has 178 valence electrons. The van der Waals surface area contributed by atoms with Crippen LogP contribution in [0.5, 0.6) is 0 Å². The molecule has 4 nitrogen and oxygen atoms in total. The van der Waals surface area contributed by atoms with Crippen LogP contribution < -0.4 is 0 Å². The first-order chi connectivity index (χ1) is 29.7. The fourth-order valence-electron chi connectivity index (χ4n) is 2.68. The van der Waals surface area contributed by atoms with Crippen molar-refractivity contribution in [2.45, 2.75) is 30.1 Å². The number of likely N-dealkylation sites (N-methyl/N-ethyl adjacent to an activating group) is 1. The smallest absolute Gasteiger partial charge is 0.237 e. The molecule has 3 aromatic rings. The van der Waals surface area contributed by atoms with E-state index in [0.717, 1.165) is 0 Å². The molecule has 0 spiro atoms. The molecule has 0 radical (unpaired) electrons. The minimum atomic E-state index is -5.42. The van der Waals surface area contributed by atoms with Crippen LogP contribution in [0.1, 0.15) is 79.7 Å². The van der Waals surface area contributed by atoms with Crippen molar-refractivity contribution in [1.29, 1.82) is 1.43 Å². The van der Waals surface area contributed by atoms with E-state index in [0.29, 0.717) is 0 Å². The number of amides is 1. The van der Waals surface area contributed by atoms with Crippen molar-refractivity contribution in [2.75, 3.05) is 33.4 Å². The maximum Gasteiger partial charge on any atom is 0.237 e. The summed E-state index contributed by atoms with van der Waals surface area (Å²) in [4.78, 5) is 13.0. The number of rotatable bonds is 8. The Morgan fingerprint density at radius 3 is 2.15 bits per heavy atom. The number of carbonyl (C=O) groups is 1. The number of likely N-dealkylation sites (tertiary alicyclic amines) is 1. The number of hydrogen-bond acceptors (Lipinski definition) is 3. The Labute approximate surface area is 254 Å². The highest BCUT2D eigenvalue weighted by Gasteiger charge is 2.43. The van der Waals surface area contributed by atoms with E-state index in [9.17, 15) is 5.48 Å². The van der Waals surface area contributed by atoms with Crippen molar-refractivity contribution < 1.29 is 53.8 Å². The van der Waals surface area contributed by atoms with Gasteiger partial charge in [0.2, 0.25) is 7.34 Å². The van der Waals surface area contributed by atoms with Crippen LogP contribution in [-0.2, 0) is 15.8 Å². The van der Waals surface area contributed by atoms with Crippen LogP contribution in [0.2, 0.25) is 5.02 Å². The quantitative estimate of drug-likeness (QED) is 0.460. The number of hydrogen-bond donors (Lipinski definition) is 1. The third-order valence-corrected chi connectivity index (χ3v) is 4.45. The lowest BCUT2D eigenvalue weighted by Gasteiger charge is -2.41. The van der Waals surface area contributed by atoms with Crippen molar-refractivity contribution in [1.82, 2.24) is 9.80 Å². The molecule has 1 N–H and O–H groups in total. The number of aliphatic hydroxyl groups is 1. The van der Waals surface area contributed by atoms with Gasteiger partial charge in [-0.3, -0.25) is 4.79 Å². The number of nitrogens with zero attached hydrogens (tertiary/aromatic N) is 2. The standard InChI is InChI=1S/C29H33ClN2O2/c1-31(2)27(33)29(24-9-5-3-6-10-24,25-11-7-4-8-12-25)19-22-32-20-17-28(34,18-21-32)23-13-15-26(30)16-14-23/h3-16,34H,17-22H2,1-2H3/i1D3,2D3,3D,4D,5D,6D,7D,8D,9D,10D,11D,12D,13D,14D,15D,16D,17D2,18D2,19D2,20D2,21D2,22D2,34D. The van der Waals surface area contributed by atoms with Gasteiger partial charge in [0, 0.05) is 56.6 Å². The molecule has 0 aromatic heterocycles. The molecule has 5 heteroatoms. The fraction of sp³-hybridized carbons (Fsp3) is 0.345. The lowest BCUT2D eigenvalue weighted by atomic mass is 9.70. The summed E-state index contributed by atoms with van der Waals surface area (Å²) in [5.41, 5.74) is -15.7. The van der Waals surface area contributed by atoms with Gasteiger partial charge in [0.15, 0.2) is 0 Å². The molecule has 0 saturated carbocycles. The van der Waals surface area contributed by atoms with Gasteiger partial charge in [-0.25, -0.2) is 0 Å². The average molecular weight is 510 g/mol. The summed E-state index contributed by atoms with van der Waals surface area (Å²) in [6, 6.07) is -23.0. The van der Waals surface area contributed by atoms with Crippen molar-refractivity contribution >= 4 is 17.5 Å². The SMILES string of the molecule is [2H]OC1(c2c([2H])c([2H])c(Cl)c([2H])c2[2H])C([2H])([2H])C([2H])([2H])N(C([2H])([2H])C([2H])([2H])C(C(=O)N(C([2H])([2H])[2H])C([2H])([2H])[2H])(c2c([2H])c([2H])c([2H])c([2H])c2[2H])c2c([2H])c([2H])c([2H])c([2H])c2[2H])C([2H])([2H])C1([2H])[2H]. The van der Waals surface area contributed by atoms with Crippen LogP contribution in [0.15, 0.2) is 84.6 Å². The second kappa shape index (κ2) is 10.3. The molecular weight excluding hydrogens is 444 g/mol. The zero-order chi connectivity index (χ0) is 52.8. The van der Waals surface area contributed by atoms with Crippen LogP contribution in [0.25, 0.3) is 0 Å². The summed E-state index contributed by atoms with van der Waals surface area (Å²) in [5.74, 6) is -3.07. The molecule has 4 rings (SSSR count). The second-order valence-corrected chi connectivity index (χ2v) is 6.68. The van der Waals surface area contributed by atoms with E-state index >= 15 is 4.79 Å². The van der Waals surface area contributed by atoms with Crippen LogP contribution in [0.3, 0.4) is 0 Å². The van der Waals surface area contributed by atoms with Crippen molar-refractivity contribution in [2.24, 2.45) is 0 Å². The molecule has 1 saturated heterocycles. The number of halogens is 1. The zero-order valence-electron chi connectivity index (χ0n) is 49.6. The Morgan fingerprint density at radius 2 is 1.65 bits per heavy atom. The van der Waals surface area contributed by atoms with E-state index in [1.54, 1.807) is 0 Å². The Hall–Kier alpha value is -2.66. The molecule has 1 aliphatic rings. The summed E-state index contributed by atoms with van der Waals surface area (Å²) >= 11 is 5.86. The summed E-state index contributed by atoms with van der Waals surface area (Å²) in [6.07, 6.45) is -15.1. The lowest BCUT2D eigenvalue weighted by molar-refractivity contribution is -0.133. The number of carbonyl (C=O) groups excluding carboxylic acids is 1. The molecule has 0 atom stereocenters. The minimum Gasteiger partial charge on any atom is -0.385 e. The van der Waals surface area contributed by atoms with Crippen molar-refractivity contribution in [3.63, 3.8) is 0 Å². The minimum absolute atomic E-state index is 1.03. The van der Waals surface area contributed by atoms with Gasteiger partial charge in [-0.1, -0.05) is 84.1 Å². The highest BCUT2D eigenvalue weighted by Crippen LogP contribution is 2.39. The van der Waals surface area contributed by atoms with Gasteiger partial charge in [-0.15, -0.1) is 0 Å². The van der Waals surface area contributed by atoms with Gasteiger partial charge >= 0.3 is 0 Å².